The van der Waals surface area contributed by atoms with Crippen LogP contribution in [0.3, 0.4) is 0 Å². The summed E-state index contributed by atoms with van der Waals surface area (Å²) >= 11 is 0. The summed E-state index contributed by atoms with van der Waals surface area (Å²) < 4.78 is 40.7. The van der Waals surface area contributed by atoms with E-state index in [0.29, 0.717) is 35.9 Å². The summed E-state index contributed by atoms with van der Waals surface area (Å²) in [5, 5.41) is 0. The maximum absolute atomic E-state index is 14.2. The van der Waals surface area contributed by atoms with Crippen LogP contribution in [-0.4, -0.2) is 32.3 Å². The van der Waals surface area contributed by atoms with Gasteiger partial charge < -0.3 is 9.80 Å². The zero-order valence-corrected chi connectivity index (χ0v) is 17.2. The summed E-state index contributed by atoms with van der Waals surface area (Å²) in [5.41, 5.74) is 1.36. The number of amides is 1. The van der Waals surface area contributed by atoms with Gasteiger partial charge in [-0.3, -0.25) is 4.79 Å². The number of likely N-dealkylation sites (tertiary alicyclic amines) is 1. The van der Waals surface area contributed by atoms with Gasteiger partial charge >= 0.3 is 0 Å². The lowest BCUT2D eigenvalue weighted by molar-refractivity contribution is -0.127. The molecule has 0 saturated carbocycles. The van der Waals surface area contributed by atoms with E-state index < -0.39 is 15.7 Å². The fourth-order valence-corrected chi connectivity index (χ4v) is 5.28. The van der Waals surface area contributed by atoms with E-state index in [9.17, 15) is 17.6 Å². The summed E-state index contributed by atoms with van der Waals surface area (Å²) in [6, 6.07) is 11.2. The second-order valence-electron chi connectivity index (χ2n) is 7.74. The number of para-hydroxylation sites is 1. The minimum Gasteiger partial charge on any atom is -0.338 e. The van der Waals surface area contributed by atoms with Gasteiger partial charge in [0.1, 0.15) is 5.82 Å². The lowest BCUT2D eigenvalue weighted by Gasteiger charge is -2.33. The van der Waals surface area contributed by atoms with Crippen molar-refractivity contribution < 1.29 is 17.6 Å². The molecular weight excluding hydrogens is 391 g/mol. The molecule has 0 unspecified atom stereocenters. The first-order valence-electron chi connectivity index (χ1n) is 9.69. The van der Waals surface area contributed by atoms with Crippen LogP contribution < -0.4 is 4.90 Å². The Hall–Kier alpha value is -2.67. The molecule has 0 N–H and O–H groups in total. The van der Waals surface area contributed by atoms with Crippen molar-refractivity contribution >= 4 is 27.1 Å². The third-order valence-electron chi connectivity index (χ3n) is 5.67. The van der Waals surface area contributed by atoms with Crippen LogP contribution in [0.15, 0.2) is 58.5 Å². The number of benzene rings is 2. The molecule has 0 aliphatic carbocycles. The topological polar surface area (TPSA) is 57.7 Å². The molecule has 2 heterocycles. The van der Waals surface area contributed by atoms with Gasteiger partial charge in [0.2, 0.25) is 9.84 Å². The number of anilines is 2. The van der Waals surface area contributed by atoms with Crippen LogP contribution in [0.5, 0.6) is 0 Å². The van der Waals surface area contributed by atoms with Crippen molar-refractivity contribution in [3.05, 3.63) is 65.0 Å². The van der Waals surface area contributed by atoms with Crippen molar-refractivity contribution in [1.29, 1.82) is 0 Å². The fraction of sp³-hybridized carbons (Fsp3) is 0.318. The van der Waals surface area contributed by atoms with Gasteiger partial charge in [0.25, 0.3) is 5.91 Å². The first-order chi connectivity index (χ1) is 13.8. The summed E-state index contributed by atoms with van der Waals surface area (Å²) in [6.45, 7) is 4.86. The zero-order chi connectivity index (χ0) is 20.8. The summed E-state index contributed by atoms with van der Waals surface area (Å²) in [4.78, 5) is 16.1. The van der Waals surface area contributed by atoms with Crippen LogP contribution in [0.2, 0.25) is 0 Å². The highest BCUT2D eigenvalue weighted by atomic mass is 32.2. The normalized spacial score (nSPS) is 18.9. The van der Waals surface area contributed by atoms with Crippen LogP contribution in [0.1, 0.15) is 25.3 Å². The number of halogens is 1. The minimum atomic E-state index is -3.97. The Morgan fingerprint density at radius 1 is 1.10 bits per heavy atom. The van der Waals surface area contributed by atoms with Gasteiger partial charge in [0, 0.05) is 25.0 Å². The SMILES string of the molecule is Cc1ccc(N2C=C(C(=O)N3CCC(C)CC3)S(=O)(=O)c3ccccc32)cc1F. The molecule has 0 radical (unpaired) electrons. The Labute approximate surface area is 170 Å². The number of sulfone groups is 1. The van der Waals surface area contributed by atoms with Gasteiger partial charge in [0.15, 0.2) is 4.91 Å². The molecule has 29 heavy (non-hydrogen) atoms. The molecule has 152 valence electrons. The van der Waals surface area contributed by atoms with Gasteiger partial charge in [-0.2, -0.15) is 0 Å². The van der Waals surface area contributed by atoms with Crippen molar-refractivity contribution in [1.82, 2.24) is 4.90 Å². The third-order valence-corrected chi connectivity index (χ3v) is 7.45. The molecule has 0 spiro atoms. The smallest absolute Gasteiger partial charge is 0.267 e. The van der Waals surface area contributed by atoms with Crippen molar-refractivity contribution in [3.63, 3.8) is 0 Å². The van der Waals surface area contributed by atoms with Gasteiger partial charge in [0.05, 0.1) is 10.6 Å². The molecule has 0 atom stereocenters. The summed E-state index contributed by atoms with van der Waals surface area (Å²) in [6.07, 6.45) is 3.03. The molecule has 0 bridgehead atoms. The van der Waals surface area contributed by atoms with Crippen LogP contribution in [0.25, 0.3) is 0 Å². The average Bonchev–Trinajstić information content (AvgIpc) is 2.70. The summed E-state index contributed by atoms with van der Waals surface area (Å²) in [7, 11) is -3.97. The number of rotatable bonds is 2. The molecule has 1 saturated heterocycles. The van der Waals surface area contributed by atoms with E-state index in [0.717, 1.165) is 12.8 Å². The first kappa shape index (κ1) is 19.6. The highest BCUT2D eigenvalue weighted by Gasteiger charge is 2.38. The quantitative estimate of drug-likeness (QED) is 0.741. The Morgan fingerprint density at radius 2 is 1.79 bits per heavy atom. The van der Waals surface area contributed by atoms with Crippen molar-refractivity contribution in [3.8, 4) is 0 Å². The van der Waals surface area contributed by atoms with E-state index in [1.54, 1.807) is 47.1 Å². The molecule has 2 aliphatic rings. The molecule has 2 aliphatic heterocycles. The third kappa shape index (κ3) is 3.44. The standard InChI is InChI=1S/C22H23FN2O3S/c1-15-9-11-24(12-10-15)22(26)21-14-25(17-8-7-16(2)18(23)13-17)19-5-3-4-6-20(19)29(21,27)28/h3-8,13-15H,9-12H2,1-2H3. The highest BCUT2D eigenvalue weighted by Crippen LogP contribution is 2.40. The number of aryl methyl sites for hydroxylation is 1. The van der Waals surface area contributed by atoms with Gasteiger partial charge in [-0.05, 0) is 55.5 Å². The number of carbonyl (C=O) groups excluding carboxylic acids is 1. The first-order valence-corrected chi connectivity index (χ1v) is 11.2. The van der Waals surface area contributed by atoms with E-state index in [1.807, 2.05) is 0 Å². The number of nitrogens with zero attached hydrogens (tertiary/aromatic N) is 2. The molecule has 2 aromatic carbocycles. The van der Waals surface area contributed by atoms with Crippen molar-refractivity contribution in [2.45, 2.75) is 31.6 Å². The lowest BCUT2D eigenvalue weighted by Crippen LogP contribution is -2.41. The minimum absolute atomic E-state index is 0.0530. The Kier molecular flexibility index (Phi) is 4.94. The van der Waals surface area contributed by atoms with E-state index in [2.05, 4.69) is 6.92 Å². The number of piperidine rings is 1. The molecule has 0 aromatic heterocycles. The van der Waals surface area contributed by atoms with E-state index in [1.165, 1.54) is 18.3 Å². The summed E-state index contributed by atoms with van der Waals surface area (Å²) in [5.74, 6) is -0.368. The van der Waals surface area contributed by atoms with Gasteiger partial charge in [-0.25, -0.2) is 12.8 Å². The predicted octanol–water partition coefficient (Wildman–Crippen LogP) is 4.16. The molecule has 4 rings (SSSR count). The Bertz CT molecular complexity index is 1100. The van der Waals surface area contributed by atoms with Gasteiger partial charge in [-0.1, -0.05) is 25.1 Å². The van der Waals surface area contributed by atoms with Crippen LogP contribution >= 0.6 is 0 Å². The number of hydrogen-bond acceptors (Lipinski definition) is 4. The van der Waals surface area contributed by atoms with Gasteiger partial charge in [-0.15, -0.1) is 0 Å². The number of hydrogen-bond donors (Lipinski definition) is 0. The molecule has 2 aromatic rings. The van der Waals surface area contributed by atoms with Crippen LogP contribution in [-0.2, 0) is 14.6 Å². The molecule has 1 amide bonds. The van der Waals surface area contributed by atoms with E-state index in [4.69, 9.17) is 0 Å². The second-order valence-corrected chi connectivity index (χ2v) is 9.63. The van der Waals surface area contributed by atoms with E-state index >= 15 is 0 Å². The highest BCUT2D eigenvalue weighted by molar-refractivity contribution is 7.96. The predicted molar refractivity (Wildman–Crippen MR) is 110 cm³/mol. The molecule has 7 heteroatoms. The molecule has 1 fully saturated rings. The Morgan fingerprint density at radius 3 is 2.48 bits per heavy atom. The van der Waals surface area contributed by atoms with E-state index in [-0.39, 0.29) is 15.6 Å². The second kappa shape index (κ2) is 7.30. The molecule has 5 nitrogen and oxygen atoms in total. The fourth-order valence-electron chi connectivity index (χ4n) is 3.74. The van der Waals surface area contributed by atoms with Crippen LogP contribution in [0.4, 0.5) is 15.8 Å². The maximum Gasteiger partial charge on any atom is 0.267 e. The van der Waals surface area contributed by atoms with Crippen molar-refractivity contribution in [2.24, 2.45) is 5.92 Å². The lowest BCUT2D eigenvalue weighted by atomic mass is 9.99. The largest absolute Gasteiger partial charge is 0.338 e. The maximum atomic E-state index is 14.2. The number of carbonyl (C=O) groups is 1. The molecular formula is C22H23FN2O3S. The zero-order valence-electron chi connectivity index (χ0n) is 16.4. The average molecular weight is 415 g/mol. The van der Waals surface area contributed by atoms with Crippen molar-refractivity contribution in [2.75, 3.05) is 18.0 Å². The number of fused-ring (bicyclic) bond motifs is 1. The Balaban J connectivity index is 1.82. The van der Waals surface area contributed by atoms with Crippen LogP contribution in [0, 0.1) is 18.7 Å². The monoisotopic (exact) mass is 414 g/mol.